The summed E-state index contributed by atoms with van der Waals surface area (Å²) in [4.78, 5) is 37.0. The molecule has 0 aliphatic rings. The van der Waals surface area contributed by atoms with Gasteiger partial charge in [-0.2, -0.15) is 8.78 Å². The molecule has 2 aromatic carbocycles. The van der Waals surface area contributed by atoms with Crippen LogP contribution in [0.15, 0.2) is 30.3 Å². The Labute approximate surface area is 199 Å². The van der Waals surface area contributed by atoms with Crippen molar-refractivity contribution in [3.63, 3.8) is 0 Å². The number of nitrogens with zero attached hydrogens (tertiary/aromatic N) is 2. The van der Waals surface area contributed by atoms with E-state index in [0.717, 1.165) is 18.7 Å². The zero-order chi connectivity index (χ0) is 26.1. The van der Waals surface area contributed by atoms with Crippen molar-refractivity contribution in [1.82, 2.24) is 4.90 Å². The van der Waals surface area contributed by atoms with E-state index in [1.807, 2.05) is 0 Å². The van der Waals surface area contributed by atoms with Crippen molar-refractivity contribution in [2.24, 2.45) is 0 Å². The van der Waals surface area contributed by atoms with Crippen LogP contribution in [-0.2, 0) is 16.1 Å². The number of nitro groups is 1. The second-order valence-corrected chi connectivity index (χ2v) is 6.83. The Balaban J connectivity index is 2.17. The minimum absolute atomic E-state index is 0.168. The van der Waals surface area contributed by atoms with Crippen molar-refractivity contribution in [2.45, 2.75) is 20.1 Å². The molecule has 0 aliphatic heterocycles. The first-order valence-electron chi connectivity index (χ1n) is 10.1. The van der Waals surface area contributed by atoms with E-state index in [1.165, 1.54) is 19.1 Å². The molecule has 0 bridgehead atoms. The second-order valence-electron chi connectivity index (χ2n) is 6.83. The second kappa shape index (κ2) is 12.3. The number of carbonyl (C=O) groups excluding carboxylic acids is 2. The fraction of sp³-hybridized carbons (Fsp3) is 0.364. The highest BCUT2D eigenvalue weighted by Gasteiger charge is 2.28. The van der Waals surface area contributed by atoms with Gasteiger partial charge in [0.2, 0.25) is 0 Å². The summed E-state index contributed by atoms with van der Waals surface area (Å²) >= 11 is 0. The Kier molecular flexibility index (Phi) is 9.55. The minimum Gasteiger partial charge on any atom is -0.493 e. The number of amides is 1. The number of ether oxygens (including phenoxy) is 5. The van der Waals surface area contributed by atoms with Gasteiger partial charge in [-0.25, -0.2) is 4.79 Å². The van der Waals surface area contributed by atoms with Crippen molar-refractivity contribution >= 4 is 17.6 Å². The number of methoxy groups -OCH3 is 3. The molecule has 0 N–H and O–H groups in total. The van der Waals surface area contributed by atoms with Crippen LogP contribution in [0.5, 0.6) is 23.0 Å². The molecular weight excluding hydrogens is 474 g/mol. The standard InChI is InChI=1S/C22H24F2N2O9/c1-5-25(11-13-6-7-16(31-2)17(8-13)32-3)20(27)12-34-21(28)14-9-18(33-4)19(35-22(23)24)10-15(14)26(29)30/h6-10,22H,5,11-12H2,1-4H3. The van der Waals surface area contributed by atoms with E-state index in [4.69, 9.17) is 18.9 Å². The molecule has 0 radical (unpaired) electrons. The number of halogens is 2. The van der Waals surface area contributed by atoms with Crippen LogP contribution in [0.1, 0.15) is 22.8 Å². The number of likely N-dealkylation sites (N-methyl/N-ethyl adjacent to an activating group) is 1. The molecular formula is C22H24F2N2O9. The first-order chi connectivity index (χ1) is 16.6. The Morgan fingerprint density at radius 3 is 2.17 bits per heavy atom. The van der Waals surface area contributed by atoms with Crippen LogP contribution in [-0.4, -0.2) is 62.8 Å². The lowest BCUT2D eigenvalue weighted by Gasteiger charge is -2.21. The molecule has 2 aromatic rings. The summed E-state index contributed by atoms with van der Waals surface area (Å²) in [5.74, 6) is -1.77. The third-order valence-electron chi connectivity index (χ3n) is 4.80. The smallest absolute Gasteiger partial charge is 0.387 e. The maximum atomic E-state index is 12.6. The molecule has 0 saturated heterocycles. The molecule has 0 fully saturated rings. The van der Waals surface area contributed by atoms with Crippen molar-refractivity contribution in [1.29, 1.82) is 0 Å². The van der Waals surface area contributed by atoms with Crippen molar-refractivity contribution in [2.75, 3.05) is 34.5 Å². The Bertz CT molecular complexity index is 1080. The van der Waals surface area contributed by atoms with Gasteiger partial charge < -0.3 is 28.6 Å². The van der Waals surface area contributed by atoms with Gasteiger partial charge in [0.1, 0.15) is 5.56 Å². The fourth-order valence-electron chi connectivity index (χ4n) is 3.08. The highest BCUT2D eigenvalue weighted by Crippen LogP contribution is 2.36. The van der Waals surface area contributed by atoms with Crippen LogP contribution in [0.2, 0.25) is 0 Å². The lowest BCUT2D eigenvalue weighted by Crippen LogP contribution is -2.34. The molecule has 11 nitrogen and oxygen atoms in total. The van der Waals surface area contributed by atoms with Gasteiger partial charge in [0.25, 0.3) is 11.6 Å². The van der Waals surface area contributed by atoms with Gasteiger partial charge in [-0.1, -0.05) is 6.07 Å². The molecule has 0 unspecified atom stereocenters. The van der Waals surface area contributed by atoms with Gasteiger partial charge in [0.05, 0.1) is 32.3 Å². The van der Waals surface area contributed by atoms with E-state index in [9.17, 15) is 28.5 Å². The molecule has 0 spiro atoms. The molecule has 0 aliphatic carbocycles. The van der Waals surface area contributed by atoms with Gasteiger partial charge in [0.15, 0.2) is 29.6 Å². The van der Waals surface area contributed by atoms with E-state index >= 15 is 0 Å². The molecule has 190 valence electrons. The zero-order valence-corrected chi connectivity index (χ0v) is 19.4. The summed E-state index contributed by atoms with van der Waals surface area (Å²) < 4.78 is 49.7. The van der Waals surface area contributed by atoms with E-state index in [1.54, 1.807) is 25.1 Å². The van der Waals surface area contributed by atoms with Crippen LogP contribution in [0.3, 0.4) is 0 Å². The molecule has 35 heavy (non-hydrogen) atoms. The maximum Gasteiger partial charge on any atom is 0.387 e. The van der Waals surface area contributed by atoms with Crippen LogP contribution < -0.4 is 18.9 Å². The number of hydrogen-bond donors (Lipinski definition) is 0. The number of alkyl halides is 2. The van der Waals surface area contributed by atoms with E-state index in [2.05, 4.69) is 4.74 Å². The van der Waals surface area contributed by atoms with Crippen LogP contribution in [0, 0.1) is 10.1 Å². The lowest BCUT2D eigenvalue weighted by molar-refractivity contribution is -0.385. The highest BCUT2D eigenvalue weighted by molar-refractivity contribution is 5.96. The average molecular weight is 498 g/mol. The number of nitro benzene ring substituents is 1. The molecule has 0 aromatic heterocycles. The van der Waals surface area contributed by atoms with Crippen molar-refractivity contribution < 1.29 is 47.0 Å². The summed E-state index contributed by atoms with van der Waals surface area (Å²) in [5.41, 5.74) is -0.722. The molecule has 0 atom stereocenters. The van der Waals surface area contributed by atoms with Gasteiger partial charge in [-0.15, -0.1) is 0 Å². The lowest BCUT2D eigenvalue weighted by atomic mass is 10.1. The Morgan fingerprint density at radius 2 is 1.63 bits per heavy atom. The fourth-order valence-corrected chi connectivity index (χ4v) is 3.08. The summed E-state index contributed by atoms with van der Waals surface area (Å²) in [6.07, 6.45) is 0. The van der Waals surface area contributed by atoms with E-state index in [0.29, 0.717) is 17.6 Å². The maximum absolute atomic E-state index is 12.6. The Hall–Kier alpha value is -4.16. The highest BCUT2D eigenvalue weighted by atomic mass is 19.3. The summed E-state index contributed by atoms with van der Waals surface area (Å²) in [6.45, 7) is -1.82. The minimum atomic E-state index is -3.27. The van der Waals surface area contributed by atoms with Gasteiger partial charge in [-0.3, -0.25) is 14.9 Å². The first kappa shape index (κ1) is 27.1. The number of hydrogen-bond acceptors (Lipinski definition) is 9. The summed E-state index contributed by atoms with van der Waals surface area (Å²) in [7, 11) is 4.07. The van der Waals surface area contributed by atoms with Crippen LogP contribution in [0.25, 0.3) is 0 Å². The predicted octanol–water partition coefficient (Wildman–Crippen LogP) is 3.43. The largest absolute Gasteiger partial charge is 0.493 e. The zero-order valence-electron chi connectivity index (χ0n) is 19.4. The van der Waals surface area contributed by atoms with Crippen molar-refractivity contribution in [3.05, 3.63) is 51.6 Å². The van der Waals surface area contributed by atoms with E-state index < -0.39 is 47.0 Å². The normalized spacial score (nSPS) is 10.5. The molecule has 1 amide bonds. The third-order valence-corrected chi connectivity index (χ3v) is 4.80. The molecule has 2 rings (SSSR count). The summed E-state index contributed by atoms with van der Waals surface area (Å²) in [6, 6.07) is 6.57. The molecule has 13 heteroatoms. The number of esters is 1. The average Bonchev–Trinajstić information content (AvgIpc) is 2.84. The number of benzene rings is 2. The SMILES string of the molecule is CCN(Cc1ccc(OC)c(OC)c1)C(=O)COC(=O)c1cc(OC)c(OC(F)F)cc1[N+](=O)[O-]. The summed E-state index contributed by atoms with van der Waals surface area (Å²) in [5, 5.41) is 11.4. The molecule has 0 saturated carbocycles. The molecule has 0 heterocycles. The van der Waals surface area contributed by atoms with Gasteiger partial charge in [-0.05, 0) is 24.6 Å². The topological polar surface area (TPSA) is 127 Å². The quantitative estimate of drug-likeness (QED) is 0.246. The van der Waals surface area contributed by atoms with Crippen molar-refractivity contribution in [3.8, 4) is 23.0 Å². The van der Waals surface area contributed by atoms with E-state index in [-0.39, 0.29) is 18.8 Å². The van der Waals surface area contributed by atoms with Crippen LogP contribution >= 0.6 is 0 Å². The van der Waals surface area contributed by atoms with Gasteiger partial charge >= 0.3 is 12.6 Å². The Morgan fingerprint density at radius 1 is 1.00 bits per heavy atom. The number of carbonyl (C=O) groups is 2. The number of rotatable bonds is 12. The van der Waals surface area contributed by atoms with Crippen LogP contribution in [0.4, 0.5) is 14.5 Å². The third kappa shape index (κ3) is 6.91. The monoisotopic (exact) mass is 498 g/mol. The predicted molar refractivity (Wildman–Crippen MR) is 117 cm³/mol. The van der Waals surface area contributed by atoms with Gasteiger partial charge in [0, 0.05) is 19.2 Å². The first-order valence-corrected chi connectivity index (χ1v) is 10.1.